The highest BCUT2D eigenvalue weighted by Crippen LogP contribution is 2.43. The molecule has 0 radical (unpaired) electrons. The summed E-state index contributed by atoms with van der Waals surface area (Å²) >= 11 is 0. The van der Waals surface area contributed by atoms with Gasteiger partial charge in [0.25, 0.3) is 0 Å². The van der Waals surface area contributed by atoms with E-state index in [-0.39, 0.29) is 18.3 Å². The van der Waals surface area contributed by atoms with Gasteiger partial charge in [-0.05, 0) is 24.3 Å². The number of methoxy groups -OCH3 is 1. The van der Waals surface area contributed by atoms with Gasteiger partial charge in [-0.1, -0.05) is 0 Å². The summed E-state index contributed by atoms with van der Waals surface area (Å²) < 4.78 is 46.0. The minimum atomic E-state index is -0.626. The van der Waals surface area contributed by atoms with Crippen molar-refractivity contribution in [3.05, 3.63) is 48.3 Å². The first kappa shape index (κ1) is 15.6. The summed E-state index contributed by atoms with van der Waals surface area (Å²) in [7, 11) is 1.57. The second-order valence-corrected chi connectivity index (χ2v) is 6.11. The van der Waals surface area contributed by atoms with Crippen LogP contribution in [0.2, 0.25) is 0 Å². The average Bonchev–Trinajstić information content (AvgIpc) is 3.41. The molecule has 5 heterocycles. The molecule has 0 N–H and O–H groups in total. The van der Waals surface area contributed by atoms with Crippen molar-refractivity contribution >= 4 is 0 Å². The van der Waals surface area contributed by atoms with E-state index in [1.54, 1.807) is 37.8 Å². The third-order valence-corrected chi connectivity index (χ3v) is 4.63. The molecule has 25 heavy (non-hydrogen) atoms. The molecule has 8 nitrogen and oxygen atoms in total. The fourth-order valence-corrected chi connectivity index (χ4v) is 3.48. The van der Waals surface area contributed by atoms with Gasteiger partial charge in [0, 0.05) is 7.11 Å². The zero-order valence-corrected chi connectivity index (χ0v) is 13.5. The predicted molar refractivity (Wildman–Crippen MR) is 79.1 cm³/mol. The number of rotatable bonds is 3. The Bertz CT molecular complexity index is 684. The maximum Gasteiger partial charge on any atom is 0.218 e. The van der Waals surface area contributed by atoms with Crippen molar-refractivity contribution in [1.82, 2.24) is 0 Å². The lowest BCUT2D eigenvalue weighted by atomic mass is 9.98. The van der Waals surface area contributed by atoms with Crippen LogP contribution >= 0.6 is 0 Å². The number of hydrogen-bond donors (Lipinski definition) is 0. The van der Waals surface area contributed by atoms with Gasteiger partial charge in [0.05, 0.1) is 19.1 Å². The zero-order valence-electron chi connectivity index (χ0n) is 13.5. The van der Waals surface area contributed by atoms with E-state index in [9.17, 15) is 0 Å². The topological polar surface area (TPSA) is 81.7 Å². The number of furan rings is 2. The predicted octanol–water partition coefficient (Wildman–Crippen LogP) is 2.14. The molecule has 2 aromatic heterocycles. The van der Waals surface area contributed by atoms with E-state index in [0.717, 1.165) is 0 Å². The van der Waals surface area contributed by atoms with Crippen LogP contribution in [0.5, 0.6) is 0 Å². The first-order valence-electron chi connectivity index (χ1n) is 8.16. The van der Waals surface area contributed by atoms with Crippen molar-refractivity contribution in [3.8, 4) is 0 Å². The SMILES string of the molecule is CO[C@H]1O[C@H]2COC(c3ccco3)O[C@H]2[C@@H]2OC(c3ccco3)O[C@@H]12. The maximum atomic E-state index is 6.09. The van der Waals surface area contributed by atoms with Gasteiger partial charge in [-0.2, -0.15) is 0 Å². The fourth-order valence-electron chi connectivity index (χ4n) is 3.48. The molecule has 3 saturated heterocycles. The Kier molecular flexibility index (Phi) is 3.89. The third kappa shape index (κ3) is 2.62. The van der Waals surface area contributed by atoms with E-state index >= 15 is 0 Å². The minimum Gasteiger partial charge on any atom is -0.464 e. The first-order valence-corrected chi connectivity index (χ1v) is 8.16. The van der Waals surface area contributed by atoms with E-state index in [2.05, 4.69) is 0 Å². The molecule has 0 aliphatic carbocycles. The smallest absolute Gasteiger partial charge is 0.218 e. The molecule has 0 saturated carbocycles. The first-order chi connectivity index (χ1) is 12.3. The van der Waals surface area contributed by atoms with Gasteiger partial charge in [-0.15, -0.1) is 0 Å². The monoisotopic (exact) mass is 350 g/mol. The van der Waals surface area contributed by atoms with Gasteiger partial charge in [0.15, 0.2) is 17.8 Å². The Labute approximate surface area is 143 Å². The molecule has 7 atom stereocenters. The van der Waals surface area contributed by atoms with Crippen LogP contribution < -0.4 is 0 Å². The molecular weight excluding hydrogens is 332 g/mol. The highest BCUT2D eigenvalue weighted by molar-refractivity contribution is 5.06. The standard InChI is InChI=1S/C17H18O8/c1-18-17-14-13(24-16(25-14)10-5-3-7-20-10)12-11(22-17)8-21-15(23-12)9-4-2-6-19-9/h2-7,11-17H,8H2,1H3/t11-,12+,13-,14+,15?,16?,17-/m0/s1. The lowest BCUT2D eigenvalue weighted by Crippen LogP contribution is -2.61. The van der Waals surface area contributed by atoms with Crippen molar-refractivity contribution in [2.45, 2.75) is 43.3 Å². The summed E-state index contributed by atoms with van der Waals surface area (Å²) in [5, 5.41) is 0. The quantitative estimate of drug-likeness (QED) is 0.833. The molecule has 8 heteroatoms. The maximum absolute atomic E-state index is 6.09. The molecule has 0 spiro atoms. The Hall–Kier alpha value is -1.68. The van der Waals surface area contributed by atoms with E-state index in [4.69, 9.17) is 37.3 Å². The van der Waals surface area contributed by atoms with Crippen molar-refractivity contribution in [2.75, 3.05) is 13.7 Å². The lowest BCUT2D eigenvalue weighted by Gasteiger charge is -2.45. The van der Waals surface area contributed by atoms with Crippen LogP contribution in [-0.2, 0) is 28.4 Å². The fraction of sp³-hybridized carbons (Fsp3) is 0.529. The molecular formula is C17H18O8. The Balaban J connectivity index is 1.40. The van der Waals surface area contributed by atoms with Gasteiger partial charge >= 0.3 is 0 Å². The van der Waals surface area contributed by atoms with Gasteiger partial charge < -0.3 is 37.3 Å². The number of ether oxygens (including phenoxy) is 6. The largest absolute Gasteiger partial charge is 0.464 e. The van der Waals surface area contributed by atoms with Gasteiger partial charge in [-0.25, -0.2) is 0 Å². The van der Waals surface area contributed by atoms with E-state index < -0.39 is 25.0 Å². The highest BCUT2D eigenvalue weighted by atomic mass is 16.8. The summed E-state index contributed by atoms with van der Waals surface area (Å²) in [5.41, 5.74) is 0. The van der Waals surface area contributed by atoms with Gasteiger partial charge in [-0.3, -0.25) is 0 Å². The second kappa shape index (κ2) is 6.24. The van der Waals surface area contributed by atoms with Crippen LogP contribution in [0.1, 0.15) is 24.1 Å². The molecule has 5 rings (SSSR count). The summed E-state index contributed by atoms with van der Waals surface area (Å²) in [4.78, 5) is 0. The van der Waals surface area contributed by atoms with E-state index in [0.29, 0.717) is 18.1 Å². The number of fused-ring (bicyclic) bond motifs is 3. The van der Waals surface area contributed by atoms with Crippen LogP contribution in [0.25, 0.3) is 0 Å². The lowest BCUT2D eigenvalue weighted by molar-refractivity contribution is -0.346. The molecule has 2 aromatic rings. The van der Waals surface area contributed by atoms with E-state index in [1.165, 1.54) is 0 Å². The Morgan fingerprint density at radius 1 is 0.840 bits per heavy atom. The molecule has 3 aliphatic heterocycles. The summed E-state index contributed by atoms with van der Waals surface area (Å²) in [6, 6.07) is 7.19. The Morgan fingerprint density at radius 2 is 1.52 bits per heavy atom. The van der Waals surface area contributed by atoms with Crippen LogP contribution in [0.3, 0.4) is 0 Å². The zero-order chi connectivity index (χ0) is 16.8. The highest BCUT2D eigenvalue weighted by Gasteiger charge is 2.56. The summed E-state index contributed by atoms with van der Waals surface area (Å²) in [6.45, 7) is 0.341. The van der Waals surface area contributed by atoms with E-state index in [1.807, 2.05) is 6.07 Å². The summed E-state index contributed by atoms with van der Waals surface area (Å²) in [5.74, 6) is 1.20. The molecule has 0 amide bonds. The molecule has 134 valence electrons. The van der Waals surface area contributed by atoms with Crippen LogP contribution in [0.15, 0.2) is 45.6 Å². The molecule has 3 fully saturated rings. The second-order valence-electron chi connectivity index (χ2n) is 6.11. The number of hydrogen-bond acceptors (Lipinski definition) is 8. The van der Waals surface area contributed by atoms with Crippen molar-refractivity contribution < 1.29 is 37.3 Å². The van der Waals surface area contributed by atoms with Crippen LogP contribution in [0, 0.1) is 0 Å². The molecule has 2 unspecified atom stereocenters. The molecule has 0 bridgehead atoms. The van der Waals surface area contributed by atoms with Crippen LogP contribution in [0.4, 0.5) is 0 Å². The third-order valence-electron chi connectivity index (χ3n) is 4.63. The normalized spacial score (nSPS) is 40.6. The summed E-state index contributed by atoms with van der Waals surface area (Å²) in [6.07, 6.45) is -0.150. The Morgan fingerprint density at radius 3 is 2.20 bits per heavy atom. The molecule has 0 aromatic carbocycles. The minimum absolute atomic E-state index is 0.323. The molecule has 3 aliphatic rings. The van der Waals surface area contributed by atoms with Gasteiger partial charge in [0.1, 0.15) is 24.4 Å². The van der Waals surface area contributed by atoms with Crippen molar-refractivity contribution in [2.24, 2.45) is 0 Å². The van der Waals surface area contributed by atoms with Crippen LogP contribution in [-0.4, -0.2) is 44.4 Å². The average molecular weight is 350 g/mol. The van der Waals surface area contributed by atoms with Crippen molar-refractivity contribution in [1.29, 1.82) is 0 Å². The van der Waals surface area contributed by atoms with Crippen molar-refractivity contribution in [3.63, 3.8) is 0 Å². The van der Waals surface area contributed by atoms with Gasteiger partial charge in [0.2, 0.25) is 12.6 Å².